The predicted octanol–water partition coefficient (Wildman–Crippen LogP) is 3.75. The van der Waals surface area contributed by atoms with E-state index in [9.17, 15) is 26.4 Å². The number of benzene rings is 2. The first-order valence-corrected chi connectivity index (χ1v) is 11.0. The molecule has 0 aromatic heterocycles. The Morgan fingerprint density at radius 3 is 2.32 bits per heavy atom. The maximum absolute atomic E-state index is 13.2. The van der Waals surface area contributed by atoms with Crippen LogP contribution in [0.5, 0.6) is 11.5 Å². The second-order valence-corrected chi connectivity index (χ2v) is 8.94. The molecule has 0 saturated heterocycles. The average Bonchev–Trinajstić information content (AvgIpc) is 2.76. The summed E-state index contributed by atoms with van der Waals surface area (Å²) >= 11 is 0. The zero-order valence-electron chi connectivity index (χ0n) is 18.6. The van der Waals surface area contributed by atoms with Crippen LogP contribution in [0.1, 0.15) is 25.0 Å². The Balaban J connectivity index is 2.48. The van der Waals surface area contributed by atoms with E-state index in [1.54, 1.807) is 0 Å². The largest absolute Gasteiger partial charge is 0.497 e. The summed E-state index contributed by atoms with van der Waals surface area (Å²) in [6.07, 6.45) is -4.70. The van der Waals surface area contributed by atoms with Crippen LogP contribution in [0.2, 0.25) is 0 Å². The van der Waals surface area contributed by atoms with Crippen LogP contribution in [0, 0.1) is 11.8 Å². The second kappa shape index (κ2) is 10.2. The van der Waals surface area contributed by atoms with Crippen LogP contribution in [0.15, 0.2) is 41.3 Å². The lowest BCUT2D eigenvalue weighted by molar-refractivity contribution is -0.159. The van der Waals surface area contributed by atoms with E-state index in [2.05, 4.69) is 16.6 Å². The standard InChI is InChI=1S/C22H22F3NO7S/c1-21(2,20(27)28)33-11-5-6-14-12-15(22(23,24)25)7-9-17(14)26-34(29,30)19-13-16(31-3)8-10-18(19)32-4/h7-10,12-13,26H,11H2,1-4H3,(H,27,28). The summed E-state index contributed by atoms with van der Waals surface area (Å²) in [4.78, 5) is 10.8. The van der Waals surface area contributed by atoms with Crippen molar-refractivity contribution in [3.05, 3.63) is 47.5 Å². The quantitative estimate of drug-likeness (QED) is 0.530. The van der Waals surface area contributed by atoms with Crippen LogP contribution < -0.4 is 14.2 Å². The first-order valence-electron chi connectivity index (χ1n) is 9.53. The molecule has 2 aromatic rings. The van der Waals surface area contributed by atoms with Crippen molar-refractivity contribution in [2.45, 2.75) is 30.5 Å². The Morgan fingerprint density at radius 2 is 1.76 bits per heavy atom. The molecule has 0 fully saturated rings. The van der Waals surface area contributed by atoms with Crippen molar-refractivity contribution < 1.29 is 45.7 Å². The number of sulfonamides is 1. The predicted molar refractivity (Wildman–Crippen MR) is 116 cm³/mol. The molecule has 12 heteroatoms. The molecule has 0 bridgehead atoms. The smallest absolute Gasteiger partial charge is 0.416 e. The number of ether oxygens (including phenoxy) is 3. The Kier molecular flexibility index (Phi) is 8.07. The highest BCUT2D eigenvalue weighted by atomic mass is 32.2. The molecule has 2 rings (SSSR count). The number of alkyl halides is 3. The summed E-state index contributed by atoms with van der Waals surface area (Å²) in [6.45, 7) is 2.14. The summed E-state index contributed by atoms with van der Waals surface area (Å²) in [5, 5.41) is 9.05. The number of methoxy groups -OCH3 is 2. The summed E-state index contributed by atoms with van der Waals surface area (Å²) in [7, 11) is -1.74. The van der Waals surface area contributed by atoms with Crippen LogP contribution in [-0.4, -0.2) is 45.9 Å². The number of halogens is 3. The molecule has 0 radical (unpaired) electrons. The number of carboxylic acids is 1. The number of carboxylic acid groups (broad SMARTS) is 1. The topological polar surface area (TPSA) is 111 Å². The van der Waals surface area contributed by atoms with E-state index >= 15 is 0 Å². The highest BCUT2D eigenvalue weighted by molar-refractivity contribution is 7.92. The third-order valence-corrected chi connectivity index (χ3v) is 5.88. The molecule has 2 aromatic carbocycles. The molecule has 184 valence electrons. The van der Waals surface area contributed by atoms with Gasteiger partial charge in [0.05, 0.1) is 25.5 Å². The number of nitrogens with one attached hydrogen (secondary N) is 1. The molecule has 0 unspecified atom stereocenters. The van der Waals surface area contributed by atoms with E-state index in [-0.39, 0.29) is 27.6 Å². The number of rotatable bonds is 8. The molecule has 0 aliphatic heterocycles. The first kappa shape index (κ1) is 26.8. The van der Waals surface area contributed by atoms with Crippen molar-refractivity contribution in [3.63, 3.8) is 0 Å². The molecule has 0 aliphatic rings. The van der Waals surface area contributed by atoms with Gasteiger partial charge in [-0.25, -0.2) is 13.2 Å². The molecule has 0 spiro atoms. The van der Waals surface area contributed by atoms with Gasteiger partial charge in [-0.3, -0.25) is 4.72 Å². The molecule has 0 saturated carbocycles. The third-order valence-electron chi connectivity index (χ3n) is 4.49. The van der Waals surface area contributed by atoms with Gasteiger partial charge in [0, 0.05) is 11.6 Å². The second-order valence-electron chi connectivity index (χ2n) is 7.29. The van der Waals surface area contributed by atoms with E-state index in [4.69, 9.17) is 19.3 Å². The summed E-state index contributed by atoms with van der Waals surface area (Å²) in [6, 6.07) is 6.34. The Morgan fingerprint density at radius 1 is 1.09 bits per heavy atom. The van der Waals surface area contributed by atoms with Crippen LogP contribution >= 0.6 is 0 Å². The van der Waals surface area contributed by atoms with Gasteiger partial charge >= 0.3 is 12.1 Å². The van der Waals surface area contributed by atoms with E-state index in [0.717, 1.165) is 6.07 Å². The van der Waals surface area contributed by atoms with Crippen molar-refractivity contribution in [2.24, 2.45) is 0 Å². The van der Waals surface area contributed by atoms with Gasteiger partial charge in [0.2, 0.25) is 0 Å². The van der Waals surface area contributed by atoms with Gasteiger partial charge < -0.3 is 19.3 Å². The van der Waals surface area contributed by atoms with Gasteiger partial charge in [-0.2, -0.15) is 13.2 Å². The van der Waals surface area contributed by atoms with Crippen LogP contribution in [0.25, 0.3) is 0 Å². The van der Waals surface area contributed by atoms with E-state index in [0.29, 0.717) is 12.1 Å². The number of carbonyl (C=O) groups is 1. The highest BCUT2D eigenvalue weighted by Gasteiger charge is 2.32. The van der Waals surface area contributed by atoms with E-state index in [1.165, 1.54) is 46.3 Å². The minimum absolute atomic E-state index is 0.0165. The SMILES string of the molecule is COc1ccc(OC)c(S(=O)(=O)Nc2ccc(C(F)(F)F)cc2C#CCOC(C)(C)C(=O)O)c1. The molecular formula is C22H22F3NO7S. The lowest BCUT2D eigenvalue weighted by Crippen LogP contribution is -2.34. The normalized spacial score (nSPS) is 11.9. The molecule has 0 heterocycles. The van der Waals surface area contributed by atoms with E-state index in [1.807, 2.05) is 0 Å². The monoisotopic (exact) mass is 501 g/mol. The van der Waals surface area contributed by atoms with Gasteiger partial charge in [0.15, 0.2) is 5.60 Å². The van der Waals surface area contributed by atoms with Crippen molar-refractivity contribution in [2.75, 3.05) is 25.5 Å². The van der Waals surface area contributed by atoms with Crippen molar-refractivity contribution in [3.8, 4) is 23.3 Å². The fourth-order valence-corrected chi connectivity index (χ4v) is 3.78. The Labute approximate surface area is 194 Å². The molecular weight excluding hydrogens is 479 g/mol. The van der Waals surface area contributed by atoms with Crippen LogP contribution in [0.4, 0.5) is 18.9 Å². The zero-order chi connectivity index (χ0) is 25.7. The van der Waals surface area contributed by atoms with Crippen LogP contribution in [-0.2, 0) is 25.7 Å². The van der Waals surface area contributed by atoms with Crippen molar-refractivity contribution in [1.82, 2.24) is 0 Å². The van der Waals surface area contributed by atoms with Crippen LogP contribution in [0.3, 0.4) is 0 Å². The summed E-state index contributed by atoms with van der Waals surface area (Å²) in [5.74, 6) is 3.77. The minimum Gasteiger partial charge on any atom is -0.497 e. The number of aliphatic carboxylic acids is 1. The molecule has 0 atom stereocenters. The lowest BCUT2D eigenvalue weighted by Gasteiger charge is -2.17. The third kappa shape index (κ3) is 6.55. The maximum atomic E-state index is 13.2. The summed E-state index contributed by atoms with van der Waals surface area (Å²) < 4.78 is 83.1. The Bertz CT molecular complexity index is 1230. The lowest BCUT2D eigenvalue weighted by atomic mass is 10.1. The molecule has 2 N–H and O–H groups in total. The van der Waals surface area contributed by atoms with E-state index < -0.39 is 39.9 Å². The van der Waals surface area contributed by atoms with Crippen molar-refractivity contribution >= 4 is 21.7 Å². The number of hydrogen-bond acceptors (Lipinski definition) is 6. The number of hydrogen-bond donors (Lipinski definition) is 2. The fourth-order valence-electron chi connectivity index (χ4n) is 2.52. The molecule has 0 amide bonds. The first-order chi connectivity index (χ1) is 15.7. The Hall–Kier alpha value is -3.43. The van der Waals surface area contributed by atoms with Gasteiger partial charge in [-0.05, 0) is 44.2 Å². The van der Waals surface area contributed by atoms with Gasteiger partial charge in [-0.1, -0.05) is 11.8 Å². The van der Waals surface area contributed by atoms with Gasteiger partial charge in [0.25, 0.3) is 10.0 Å². The molecule has 0 aliphatic carbocycles. The minimum atomic E-state index is -4.70. The highest BCUT2D eigenvalue weighted by Crippen LogP contribution is 2.34. The average molecular weight is 501 g/mol. The van der Waals surface area contributed by atoms with Gasteiger partial charge in [-0.15, -0.1) is 0 Å². The number of anilines is 1. The zero-order valence-corrected chi connectivity index (χ0v) is 19.4. The maximum Gasteiger partial charge on any atom is 0.416 e. The molecule has 8 nitrogen and oxygen atoms in total. The van der Waals surface area contributed by atoms with Gasteiger partial charge in [0.1, 0.15) is 23.0 Å². The summed E-state index contributed by atoms with van der Waals surface area (Å²) in [5.41, 5.74) is -3.15. The van der Waals surface area contributed by atoms with Crippen molar-refractivity contribution in [1.29, 1.82) is 0 Å². The molecule has 34 heavy (non-hydrogen) atoms. The fraction of sp³-hybridized carbons (Fsp3) is 0.318.